The maximum Gasteiger partial charge on any atom is 0.418 e. The fourth-order valence-electron chi connectivity index (χ4n) is 1.46. The van der Waals surface area contributed by atoms with Gasteiger partial charge in [0.1, 0.15) is 0 Å². The number of methoxy groups -OCH3 is 1. The van der Waals surface area contributed by atoms with E-state index in [4.69, 9.17) is 9.47 Å². The standard InChI is InChI=1S/C12H11NO4/c1-3-6-13(12(14)15-2)9-4-5-10-11(7-9)17-8-16-10/h4-7H,1,8H2,2H3. The third-order valence-electron chi connectivity index (χ3n) is 2.23. The average Bonchev–Trinajstić information content (AvgIpc) is 2.82. The molecular weight excluding hydrogens is 222 g/mol. The molecule has 0 atom stereocenters. The van der Waals surface area contributed by atoms with Gasteiger partial charge in [-0.1, -0.05) is 6.58 Å². The largest absolute Gasteiger partial charge is 0.454 e. The van der Waals surface area contributed by atoms with E-state index in [0.717, 1.165) is 0 Å². The molecule has 0 saturated carbocycles. The Hall–Kier alpha value is -2.39. The van der Waals surface area contributed by atoms with Gasteiger partial charge < -0.3 is 14.2 Å². The van der Waals surface area contributed by atoms with Crippen LogP contribution >= 0.6 is 0 Å². The molecule has 1 aliphatic rings. The van der Waals surface area contributed by atoms with Crippen LogP contribution in [0.1, 0.15) is 0 Å². The molecule has 2 rings (SSSR count). The summed E-state index contributed by atoms with van der Waals surface area (Å²) < 4.78 is 15.1. The zero-order chi connectivity index (χ0) is 12.3. The number of rotatable bonds is 2. The Labute approximate surface area is 98.5 Å². The number of hydrogen-bond acceptors (Lipinski definition) is 4. The topological polar surface area (TPSA) is 48.0 Å². The number of ether oxygens (including phenoxy) is 3. The predicted octanol–water partition coefficient (Wildman–Crippen LogP) is 2.29. The molecule has 17 heavy (non-hydrogen) atoms. The van der Waals surface area contributed by atoms with Gasteiger partial charge in [-0.3, -0.25) is 0 Å². The lowest BCUT2D eigenvalue weighted by Crippen LogP contribution is -2.24. The maximum absolute atomic E-state index is 11.5. The van der Waals surface area contributed by atoms with Crippen LogP contribution in [-0.2, 0) is 4.74 Å². The zero-order valence-corrected chi connectivity index (χ0v) is 9.30. The van der Waals surface area contributed by atoms with E-state index >= 15 is 0 Å². The average molecular weight is 233 g/mol. The molecular formula is C12H11NO4. The number of hydrogen-bond donors (Lipinski definition) is 0. The van der Waals surface area contributed by atoms with Gasteiger partial charge in [-0.05, 0) is 12.1 Å². The normalized spacial score (nSPS) is 11.6. The van der Waals surface area contributed by atoms with Crippen molar-refractivity contribution in [3.8, 4) is 11.5 Å². The van der Waals surface area contributed by atoms with Gasteiger partial charge in [0.25, 0.3) is 0 Å². The smallest absolute Gasteiger partial charge is 0.418 e. The lowest BCUT2D eigenvalue weighted by Gasteiger charge is -2.15. The summed E-state index contributed by atoms with van der Waals surface area (Å²) in [6, 6.07) is 5.13. The third-order valence-corrected chi connectivity index (χ3v) is 2.23. The van der Waals surface area contributed by atoms with E-state index < -0.39 is 6.09 Å². The summed E-state index contributed by atoms with van der Waals surface area (Å²) in [6.45, 7) is 3.62. The van der Waals surface area contributed by atoms with Gasteiger partial charge in [0, 0.05) is 6.07 Å². The summed E-state index contributed by atoms with van der Waals surface area (Å²) in [5.74, 6) is 1.25. The van der Waals surface area contributed by atoms with Crippen molar-refractivity contribution in [1.82, 2.24) is 0 Å². The molecule has 1 aliphatic heterocycles. The fourth-order valence-corrected chi connectivity index (χ4v) is 1.46. The van der Waals surface area contributed by atoms with Gasteiger partial charge in [-0.25, -0.2) is 9.69 Å². The summed E-state index contributed by atoms with van der Waals surface area (Å²) in [6.07, 6.45) is 0.864. The maximum atomic E-state index is 11.5. The molecule has 1 amide bonds. The molecule has 1 aromatic carbocycles. The van der Waals surface area contributed by atoms with Crippen LogP contribution in [-0.4, -0.2) is 20.0 Å². The van der Waals surface area contributed by atoms with Crippen molar-refractivity contribution < 1.29 is 19.0 Å². The molecule has 1 aromatic rings. The molecule has 0 aliphatic carbocycles. The lowest BCUT2D eigenvalue weighted by atomic mass is 10.2. The number of nitrogens with zero attached hydrogens (tertiary/aromatic N) is 1. The van der Waals surface area contributed by atoms with E-state index in [1.807, 2.05) is 0 Å². The first kappa shape index (κ1) is 11.1. The third kappa shape index (κ3) is 2.09. The molecule has 1 heterocycles. The van der Waals surface area contributed by atoms with Crippen molar-refractivity contribution in [2.75, 3.05) is 18.8 Å². The second kappa shape index (κ2) is 4.63. The minimum atomic E-state index is -0.528. The van der Waals surface area contributed by atoms with Crippen molar-refractivity contribution in [3.63, 3.8) is 0 Å². The van der Waals surface area contributed by atoms with Crippen LogP contribution < -0.4 is 14.4 Å². The fraction of sp³-hybridized carbons (Fsp3) is 0.167. The quantitative estimate of drug-likeness (QED) is 0.735. The van der Waals surface area contributed by atoms with Crippen LogP contribution in [0.5, 0.6) is 11.5 Å². The first-order chi connectivity index (χ1) is 8.26. The van der Waals surface area contributed by atoms with E-state index in [9.17, 15) is 4.79 Å². The first-order valence-corrected chi connectivity index (χ1v) is 4.89. The Balaban J connectivity index is 2.36. The molecule has 5 nitrogen and oxygen atoms in total. The van der Waals surface area contributed by atoms with E-state index in [1.54, 1.807) is 18.2 Å². The summed E-state index contributed by atoms with van der Waals surface area (Å²) in [5.41, 5.74) is 3.12. The zero-order valence-electron chi connectivity index (χ0n) is 9.30. The summed E-state index contributed by atoms with van der Waals surface area (Å²) >= 11 is 0. The SMILES string of the molecule is C=C=CN(C(=O)OC)c1ccc2c(c1)OCO2. The van der Waals surface area contributed by atoms with Crippen molar-refractivity contribution in [2.24, 2.45) is 0 Å². The highest BCUT2D eigenvalue weighted by Crippen LogP contribution is 2.35. The lowest BCUT2D eigenvalue weighted by molar-refractivity contribution is 0.174. The van der Waals surface area contributed by atoms with E-state index in [1.165, 1.54) is 18.2 Å². The van der Waals surface area contributed by atoms with E-state index in [-0.39, 0.29) is 6.79 Å². The van der Waals surface area contributed by atoms with Gasteiger partial charge in [0.15, 0.2) is 11.5 Å². The molecule has 0 bridgehead atoms. The molecule has 5 heteroatoms. The van der Waals surface area contributed by atoms with Crippen LogP contribution in [0, 0.1) is 0 Å². The highest BCUT2D eigenvalue weighted by atomic mass is 16.7. The van der Waals surface area contributed by atoms with Crippen LogP contribution in [0.25, 0.3) is 0 Å². The second-order valence-corrected chi connectivity index (χ2v) is 3.21. The number of benzene rings is 1. The molecule has 0 unspecified atom stereocenters. The number of anilines is 1. The molecule has 0 saturated heterocycles. The summed E-state index contributed by atoms with van der Waals surface area (Å²) in [7, 11) is 1.30. The molecule has 0 aromatic heterocycles. The first-order valence-electron chi connectivity index (χ1n) is 4.89. The van der Waals surface area contributed by atoms with Crippen molar-refractivity contribution >= 4 is 11.8 Å². The molecule has 88 valence electrons. The number of fused-ring (bicyclic) bond motifs is 1. The minimum absolute atomic E-state index is 0.189. The van der Waals surface area contributed by atoms with Crippen molar-refractivity contribution in [3.05, 3.63) is 36.7 Å². The van der Waals surface area contributed by atoms with Crippen molar-refractivity contribution in [2.45, 2.75) is 0 Å². The summed E-state index contributed by atoms with van der Waals surface area (Å²) in [5, 5.41) is 0. The Morgan fingerprint density at radius 3 is 3.00 bits per heavy atom. The number of carbonyl (C=O) groups is 1. The van der Waals surface area contributed by atoms with Crippen LogP contribution in [0.3, 0.4) is 0 Å². The van der Waals surface area contributed by atoms with Crippen LogP contribution in [0.15, 0.2) is 36.7 Å². The van der Waals surface area contributed by atoms with Gasteiger partial charge in [0.2, 0.25) is 6.79 Å². The molecule has 0 N–H and O–H groups in total. The Bertz CT molecular complexity index is 491. The Morgan fingerprint density at radius 1 is 1.53 bits per heavy atom. The number of amides is 1. The van der Waals surface area contributed by atoms with Crippen molar-refractivity contribution in [1.29, 1.82) is 0 Å². The Kier molecular flexibility index (Phi) is 3.03. The van der Waals surface area contributed by atoms with Gasteiger partial charge in [-0.15, -0.1) is 5.73 Å². The van der Waals surface area contributed by atoms with E-state index in [2.05, 4.69) is 17.0 Å². The molecule has 0 spiro atoms. The van der Waals surface area contributed by atoms with Crippen LogP contribution in [0.2, 0.25) is 0 Å². The van der Waals surface area contributed by atoms with E-state index in [0.29, 0.717) is 17.2 Å². The monoisotopic (exact) mass is 233 g/mol. The molecule has 0 radical (unpaired) electrons. The second-order valence-electron chi connectivity index (χ2n) is 3.21. The highest BCUT2D eigenvalue weighted by Gasteiger charge is 2.18. The predicted molar refractivity (Wildman–Crippen MR) is 61.2 cm³/mol. The van der Waals surface area contributed by atoms with Gasteiger partial charge >= 0.3 is 6.09 Å². The molecule has 0 fully saturated rings. The Morgan fingerprint density at radius 2 is 2.29 bits per heavy atom. The van der Waals surface area contributed by atoms with Gasteiger partial charge in [-0.2, -0.15) is 0 Å². The number of carbonyl (C=O) groups excluding carboxylic acids is 1. The minimum Gasteiger partial charge on any atom is -0.454 e. The summed E-state index contributed by atoms with van der Waals surface area (Å²) in [4.78, 5) is 12.8. The van der Waals surface area contributed by atoms with Gasteiger partial charge in [0.05, 0.1) is 19.0 Å². The van der Waals surface area contributed by atoms with Crippen LogP contribution in [0.4, 0.5) is 10.5 Å². The highest BCUT2D eigenvalue weighted by molar-refractivity contribution is 5.90.